The molecule has 0 saturated carbocycles. The minimum absolute atomic E-state index is 0.0220. The van der Waals surface area contributed by atoms with Crippen molar-refractivity contribution < 1.29 is 37.6 Å². The van der Waals surface area contributed by atoms with Crippen LogP contribution >= 0.6 is 34.8 Å². The quantitative estimate of drug-likeness (QED) is 0.218. The van der Waals surface area contributed by atoms with E-state index in [1.54, 1.807) is 0 Å². The first-order valence-corrected chi connectivity index (χ1v) is 12.9. The number of ether oxygens (including phenoxy) is 1. The number of alkyl halides is 3. The van der Waals surface area contributed by atoms with Crippen molar-refractivity contribution in [1.29, 1.82) is 0 Å². The van der Waals surface area contributed by atoms with Crippen molar-refractivity contribution in [3.63, 3.8) is 0 Å². The standard InChI is InChI=1S/C24H19Cl3F4N6O4/c1-9-32-23(37(34-9)15-6-10(25)2-4-12(15)24(29,30)31)22-21(40)19(20(39)16(8-38)41-22)36-7-14(33-35-36)11-3-5-13(26)18(28)17(11)27/h2-7,16,19-22,38-40H,8H2,1H3/t16-,19+,20+,21-,22-/m1/s1. The minimum Gasteiger partial charge on any atom is -0.394 e. The maximum absolute atomic E-state index is 14.3. The zero-order valence-corrected chi connectivity index (χ0v) is 22.9. The number of nitrogens with zero attached hydrogens (tertiary/aromatic N) is 6. The lowest BCUT2D eigenvalue weighted by molar-refractivity contribution is -0.210. The van der Waals surface area contributed by atoms with Crippen LogP contribution in [0.25, 0.3) is 16.9 Å². The Morgan fingerprint density at radius 2 is 1.80 bits per heavy atom. The molecular weight excluding hydrogens is 619 g/mol. The average Bonchev–Trinajstić information content (AvgIpc) is 3.54. The van der Waals surface area contributed by atoms with E-state index in [2.05, 4.69) is 20.4 Å². The SMILES string of the molecule is Cc1nc([C@@H]2O[C@H](CO)[C@H](O)[C@H](n3cc(-c4ccc(Cl)c(F)c4Cl)nn3)[C@H]2O)n(-c2cc(Cl)ccc2C(F)(F)F)n1. The molecule has 1 fully saturated rings. The largest absolute Gasteiger partial charge is 0.418 e. The van der Waals surface area contributed by atoms with Crippen LogP contribution < -0.4 is 0 Å². The number of aryl methyl sites for hydroxylation is 1. The fourth-order valence-corrected chi connectivity index (χ4v) is 5.24. The van der Waals surface area contributed by atoms with Crippen LogP contribution in [0.5, 0.6) is 0 Å². The molecule has 1 saturated heterocycles. The number of halogens is 7. The summed E-state index contributed by atoms with van der Waals surface area (Å²) in [5.74, 6) is -1.11. The lowest BCUT2D eigenvalue weighted by Gasteiger charge is -2.41. The van der Waals surface area contributed by atoms with E-state index in [1.165, 1.54) is 25.3 Å². The summed E-state index contributed by atoms with van der Waals surface area (Å²) >= 11 is 17.8. The van der Waals surface area contributed by atoms with Crippen LogP contribution in [0.4, 0.5) is 17.6 Å². The van der Waals surface area contributed by atoms with Crippen molar-refractivity contribution in [1.82, 2.24) is 29.8 Å². The van der Waals surface area contributed by atoms with Crippen molar-refractivity contribution in [3.05, 3.63) is 74.6 Å². The lowest BCUT2D eigenvalue weighted by Crippen LogP contribution is -2.53. The topological polar surface area (TPSA) is 131 Å². The molecule has 218 valence electrons. The van der Waals surface area contributed by atoms with Gasteiger partial charge in [0.1, 0.15) is 42.0 Å². The van der Waals surface area contributed by atoms with Gasteiger partial charge in [-0.15, -0.1) is 5.10 Å². The summed E-state index contributed by atoms with van der Waals surface area (Å²) in [6.07, 6.45) is -9.69. The lowest BCUT2D eigenvalue weighted by atomic mass is 9.92. The highest BCUT2D eigenvalue weighted by atomic mass is 35.5. The van der Waals surface area contributed by atoms with Gasteiger partial charge in [0, 0.05) is 10.6 Å². The summed E-state index contributed by atoms with van der Waals surface area (Å²) in [4.78, 5) is 4.19. The van der Waals surface area contributed by atoms with Crippen molar-refractivity contribution in [3.8, 4) is 16.9 Å². The molecule has 0 amide bonds. The van der Waals surface area contributed by atoms with E-state index in [9.17, 15) is 32.9 Å². The Morgan fingerprint density at radius 3 is 2.49 bits per heavy atom. The van der Waals surface area contributed by atoms with E-state index in [0.717, 1.165) is 27.6 Å². The highest BCUT2D eigenvalue weighted by Crippen LogP contribution is 2.41. The summed E-state index contributed by atoms with van der Waals surface area (Å²) in [5, 5.41) is 43.7. The molecule has 0 radical (unpaired) electrons. The van der Waals surface area contributed by atoms with Crippen LogP contribution in [0.15, 0.2) is 36.5 Å². The van der Waals surface area contributed by atoms with Gasteiger partial charge >= 0.3 is 6.18 Å². The first kappa shape index (κ1) is 29.6. The van der Waals surface area contributed by atoms with E-state index in [1.807, 2.05) is 0 Å². The number of aromatic nitrogens is 6. The molecule has 4 aromatic rings. The Balaban J connectivity index is 1.59. The van der Waals surface area contributed by atoms with E-state index in [0.29, 0.717) is 0 Å². The van der Waals surface area contributed by atoms with E-state index in [4.69, 9.17) is 39.5 Å². The van der Waals surface area contributed by atoms with Gasteiger partial charge < -0.3 is 20.1 Å². The van der Waals surface area contributed by atoms with Gasteiger partial charge in [0.2, 0.25) is 0 Å². The fraction of sp³-hybridized carbons (Fsp3) is 0.333. The van der Waals surface area contributed by atoms with Crippen LogP contribution in [0, 0.1) is 12.7 Å². The van der Waals surface area contributed by atoms with Crippen molar-refractivity contribution >= 4 is 34.8 Å². The summed E-state index contributed by atoms with van der Waals surface area (Å²) in [5.41, 5.74) is -1.40. The normalized spacial score (nSPS) is 23.2. The minimum atomic E-state index is -4.80. The summed E-state index contributed by atoms with van der Waals surface area (Å²) in [6.45, 7) is 0.677. The summed E-state index contributed by atoms with van der Waals surface area (Å²) < 4.78 is 63.5. The molecule has 0 spiro atoms. The third kappa shape index (κ3) is 5.41. The number of benzene rings is 2. The van der Waals surface area contributed by atoms with Gasteiger partial charge in [-0.25, -0.2) is 18.7 Å². The predicted octanol–water partition coefficient (Wildman–Crippen LogP) is 4.35. The van der Waals surface area contributed by atoms with Gasteiger partial charge in [0.05, 0.1) is 34.1 Å². The zero-order chi connectivity index (χ0) is 29.8. The number of aliphatic hydroxyl groups is 3. The molecule has 0 bridgehead atoms. The van der Waals surface area contributed by atoms with Crippen molar-refractivity contribution in [2.75, 3.05) is 6.61 Å². The maximum Gasteiger partial charge on any atom is 0.418 e. The number of hydrogen-bond acceptors (Lipinski definition) is 8. The van der Waals surface area contributed by atoms with Crippen LogP contribution in [0.2, 0.25) is 15.1 Å². The molecule has 3 heterocycles. The van der Waals surface area contributed by atoms with Gasteiger partial charge in [-0.05, 0) is 37.3 Å². The van der Waals surface area contributed by atoms with Crippen molar-refractivity contribution in [2.24, 2.45) is 0 Å². The van der Waals surface area contributed by atoms with Crippen LogP contribution in [-0.2, 0) is 10.9 Å². The smallest absolute Gasteiger partial charge is 0.394 e. The molecular formula is C24H19Cl3F4N6O4. The summed E-state index contributed by atoms with van der Waals surface area (Å²) in [6, 6.07) is 4.17. The van der Waals surface area contributed by atoms with Gasteiger partial charge in [0.15, 0.2) is 11.6 Å². The van der Waals surface area contributed by atoms with Gasteiger partial charge in [-0.3, -0.25) is 0 Å². The van der Waals surface area contributed by atoms with Crippen LogP contribution in [0.1, 0.15) is 29.4 Å². The highest BCUT2D eigenvalue weighted by Gasteiger charge is 2.49. The van der Waals surface area contributed by atoms with E-state index < -0.39 is 60.3 Å². The molecule has 10 nitrogen and oxygen atoms in total. The molecule has 5 rings (SSSR count). The van der Waals surface area contributed by atoms with E-state index >= 15 is 0 Å². The second-order valence-electron chi connectivity index (χ2n) is 9.14. The monoisotopic (exact) mass is 636 g/mol. The Morgan fingerprint density at radius 1 is 1.07 bits per heavy atom. The summed E-state index contributed by atoms with van der Waals surface area (Å²) in [7, 11) is 0. The Kier molecular flexibility index (Phi) is 8.02. The molecule has 41 heavy (non-hydrogen) atoms. The van der Waals surface area contributed by atoms with Crippen molar-refractivity contribution in [2.45, 2.75) is 43.6 Å². The second-order valence-corrected chi connectivity index (χ2v) is 10.4. The van der Waals surface area contributed by atoms with Gasteiger partial charge in [0.25, 0.3) is 0 Å². The Hall–Kier alpha value is -2.85. The second kappa shape index (κ2) is 11.1. The number of aliphatic hydroxyl groups excluding tert-OH is 3. The number of hydrogen-bond donors (Lipinski definition) is 3. The third-order valence-corrected chi connectivity index (χ3v) is 7.40. The molecule has 0 unspecified atom stereocenters. The Labute approximate surface area is 243 Å². The van der Waals surface area contributed by atoms with Gasteiger partial charge in [-0.2, -0.15) is 18.3 Å². The third-order valence-electron chi connectivity index (χ3n) is 6.51. The molecule has 5 atom stereocenters. The molecule has 0 aliphatic carbocycles. The zero-order valence-electron chi connectivity index (χ0n) is 20.6. The average molecular weight is 638 g/mol. The first-order chi connectivity index (χ1) is 19.3. The van der Waals surface area contributed by atoms with E-state index in [-0.39, 0.29) is 38.0 Å². The first-order valence-electron chi connectivity index (χ1n) is 11.8. The predicted molar refractivity (Wildman–Crippen MR) is 137 cm³/mol. The number of rotatable bonds is 5. The highest BCUT2D eigenvalue weighted by molar-refractivity contribution is 6.36. The Bertz CT molecular complexity index is 1600. The van der Waals surface area contributed by atoms with Crippen LogP contribution in [-0.4, -0.2) is 70.0 Å². The molecule has 2 aromatic heterocycles. The molecule has 2 aromatic carbocycles. The molecule has 17 heteroatoms. The molecule has 1 aliphatic heterocycles. The van der Waals surface area contributed by atoms with Gasteiger partial charge in [-0.1, -0.05) is 40.0 Å². The van der Waals surface area contributed by atoms with Crippen LogP contribution in [0.3, 0.4) is 0 Å². The maximum atomic E-state index is 14.3. The molecule has 3 N–H and O–H groups in total. The fourth-order valence-electron chi connectivity index (χ4n) is 4.61. The molecule has 1 aliphatic rings.